The van der Waals surface area contributed by atoms with E-state index >= 15 is 0 Å². The van der Waals surface area contributed by atoms with Gasteiger partial charge in [0, 0.05) is 17.3 Å². The topological polar surface area (TPSA) is 78.5 Å². The second-order valence-corrected chi connectivity index (χ2v) is 7.92. The lowest BCUT2D eigenvalue weighted by Crippen LogP contribution is -2.43. The van der Waals surface area contributed by atoms with Crippen molar-refractivity contribution in [1.29, 1.82) is 0 Å². The molecule has 0 radical (unpaired) electrons. The van der Waals surface area contributed by atoms with Gasteiger partial charge in [-0.2, -0.15) is 0 Å². The summed E-state index contributed by atoms with van der Waals surface area (Å²) < 4.78 is 0. The highest BCUT2D eigenvalue weighted by molar-refractivity contribution is 6.01. The molecule has 1 saturated carbocycles. The number of nitrogens with zero attached hydrogens (tertiary/aromatic N) is 1. The third kappa shape index (κ3) is 5.28. The van der Waals surface area contributed by atoms with Crippen LogP contribution < -0.4 is 10.6 Å². The van der Waals surface area contributed by atoms with Gasteiger partial charge in [0.2, 0.25) is 11.8 Å². The summed E-state index contributed by atoms with van der Waals surface area (Å²) in [7, 11) is 0. The van der Waals surface area contributed by atoms with E-state index in [1.54, 1.807) is 17.0 Å². The van der Waals surface area contributed by atoms with Gasteiger partial charge in [0.15, 0.2) is 0 Å². The summed E-state index contributed by atoms with van der Waals surface area (Å²) in [5, 5.41) is 7.43. The molecule has 6 heteroatoms. The average Bonchev–Trinajstić information content (AvgIpc) is 3.60. The van der Waals surface area contributed by atoms with E-state index in [9.17, 15) is 14.4 Å². The van der Waals surface area contributed by atoms with Crippen LogP contribution in [0.25, 0.3) is 10.8 Å². The first-order chi connectivity index (χ1) is 15.0. The van der Waals surface area contributed by atoms with Gasteiger partial charge >= 0.3 is 0 Å². The van der Waals surface area contributed by atoms with Crippen LogP contribution in [0.15, 0.2) is 66.7 Å². The predicted octanol–water partition coefficient (Wildman–Crippen LogP) is 3.51. The summed E-state index contributed by atoms with van der Waals surface area (Å²) in [5.74, 6) is -0.814. The number of carbonyl (C=O) groups excluding carboxylic acids is 3. The van der Waals surface area contributed by atoms with Gasteiger partial charge in [-0.1, -0.05) is 42.5 Å². The molecule has 1 aliphatic carbocycles. The molecule has 31 heavy (non-hydrogen) atoms. The Morgan fingerprint density at radius 2 is 1.68 bits per heavy atom. The maximum absolute atomic E-state index is 13.1. The number of carbonyl (C=O) groups is 3. The number of benzene rings is 3. The molecular weight excluding hydrogens is 390 g/mol. The molecule has 158 valence electrons. The van der Waals surface area contributed by atoms with Crippen molar-refractivity contribution in [3.63, 3.8) is 0 Å². The monoisotopic (exact) mass is 415 g/mol. The van der Waals surface area contributed by atoms with E-state index in [2.05, 4.69) is 10.6 Å². The minimum absolute atomic E-state index is 0.0615. The molecule has 3 aromatic rings. The Balaban J connectivity index is 1.35. The van der Waals surface area contributed by atoms with Gasteiger partial charge in [0.1, 0.15) is 6.54 Å². The van der Waals surface area contributed by atoms with Crippen molar-refractivity contribution in [2.24, 2.45) is 0 Å². The number of anilines is 1. The van der Waals surface area contributed by atoms with Crippen LogP contribution in [0.2, 0.25) is 0 Å². The second kappa shape index (κ2) is 9.00. The fraction of sp³-hybridized carbons (Fsp3) is 0.240. The lowest BCUT2D eigenvalue weighted by atomic mass is 10.1. The molecule has 0 unspecified atom stereocenters. The molecule has 0 atom stereocenters. The lowest BCUT2D eigenvalue weighted by Gasteiger charge is -2.22. The zero-order valence-electron chi connectivity index (χ0n) is 17.4. The molecule has 4 rings (SSSR count). The molecule has 0 heterocycles. The summed E-state index contributed by atoms with van der Waals surface area (Å²) in [4.78, 5) is 39.3. The van der Waals surface area contributed by atoms with Crippen molar-refractivity contribution in [2.75, 3.05) is 18.4 Å². The first-order valence-electron chi connectivity index (χ1n) is 10.4. The number of aryl methyl sites for hydroxylation is 1. The van der Waals surface area contributed by atoms with Gasteiger partial charge in [-0.15, -0.1) is 0 Å². The van der Waals surface area contributed by atoms with Crippen LogP contribution >= 0.6 is 0 Å². The van der Waals surface area contributed by atoms with Crippen molar-refractivity contribution in [2.45, 2.75) is 25.8 Å². The molecule has 1 aliphatic rings. The molecular formula is C25H25N3O3. The number of rotatable bonds is 7. The summed E-state index contributed by atoms with van der Waals surface area (Å²) >= 11 is 0. The number of fused-ring (bicyclic) bond motifs is 1. The molecule has 0 aromatic heterocycles. The summed E-state index contributed by atoms with van der Waals surface area (Å²) in [6.07, 6.45) is 1.78. The van der Waals surface area contributed by atoms with E-state index in [-0.39, 0.29) is 36.9 Å². The predicted molar refractivity (Wildman–Crippen MR) is 121 cm³/mol. The van der Waals surface area contributed by atoms with Crippen molar-refractivity contribution in [1.82, 2.24) is 10.2 Å². The maximum atomic E-state index is 13.1. The summed E-state index contributed by atoms with van der Waals surface area (Å²) in [6.45, 7) is 1.74. The van der Waals surface area contributed by atoms with E-state index in [1.165, 1.54) is 0 Å². The van der Waals surface area contributed by atoms with Gasteiger partial charge in [-0.3, -0.25) is 14.4 Å². The first-order valence-corrected chi connectivity index (χ1v) is 10.4. The lowest BCUT2D eigenvalue weighted by molar-refractivity contribution is -0.124. The Bertz CT molecular complexity index is 1140. The minimum atomic E-state index is -0.347. The van der Waals surface area contributed by atoms with Crippen LogP contribution in [-0.4, -0.2) is 41.8 Å². The SMILES string of the molecule is Cc1cccc(NC(=O)CNC(=O)CN(C(=O)c2ccc3ccccc3c2)C2CC2)c1. The molecule has 1 fully saturated rings. The maximum Gasteiger partial charge on any atom is 0.254 e. The first kappa shape index (κ1) is 20.6. The highest BCUT2D eigenvalue weighted by Gasteiger charge is 2.34. The zero-order chi connectivity index (χ0) is 21.8. The van der Waals surface area contributed by atoms with Crippen LogP contribution in [0.5, 0.6) is 0 Å². The highest BCUT2D eigenvalue weighted by Crippen LogP contribution is 2.28. The Labute approximate surface area is 181 Å². The van der Waals surface area contributed by atoms with Crippen molar-refractivity contribution < 1.29 is 14.4 Å². The Hall–Kier alpha value is -3.67. The summed E-state index contributed by atoms with van der Waals surface area (Å²) in [5.41, 5.74) is 2.29. The average molecular weight is 415 g/mol. The van der Waals surface area contributed by atoms with E-state index in [4.69, 9.17) is 0 Å². The van der Waals surface area contributed by atoms with E-state index in [0.717, 1.165) is 29.2 Å². The standard InChI is InChI=1S/C25H25N3O3/c1-17-5-4-8-21(13-17)27-23(29)15-26-24(30)16-28(22-11-12-22)25(31)20-10-9-18-6-2-3-7-19(18)14-20/h2-10,13-14,22H,11-12,15-16H2,1H3,(H,26,30)(H,27,29). The molecule has 0 bridgehead atoms. The van der Waals surface area contributed by atoms with Crippen LogP contribution in [0, 0.1) is 6.92 Å². The Kier molecular flexibility index (Phi) is 5.98. The smallest absolute Gasteiger partial charge is 0.254 e. The van der Waals surface area contributed by atoms with Crippen molar-refractivity contribution in [3.8, 4) is 0 Å². The summed E-state index contributed by atoms with van der Waals surface area (Å²) in [6, 6.07) is 21.0. The Morgan fingerprint density at radius 1 is 0.903 bits per heavy atom. The van der Waals surface area contributed by atoms with E-state index < -0.39 is 0 Å². The van der Waals surface area contributed by atoms with Crippen LogP contribution in [0.4, 0.5) is 5.69 Å². The quantitative estimate of drug-likeness (QED) is 0.620. The molecule has 3 amide bonds. The van der Waals surface area contributed by atoms with Crippen LogP contribution in [-0.2, 0) is 9.59 Å². The van der Waals surface area contributed by atoms with Gasteiger partial charge < -0.3 is 15.5 Å². The highest BCUT2D eigenvalue weighted by atomic mass is 16.2. The largest absolute Gasteiger partial charge is 0.345 e. The van der Waals surface area contributed by atoms with Gasteiger partial charge in [-0.05, 0) is 60.4 Å². The zero-order valence-corrected chi connectivity index (χ0v) is 17.4. The van der Waals surface area contributed by atoms with E-state index in [1.807, 2.05) is 61.5 Å². The molecule has 0 spiro atoms. The van der Waals surface area contributed by atoms with Crippen LogP contribution in [0.1, 0.15) is 28.8 Å². The normalized spacial score (nSPS) is 12.9. The third-order valence-electron chi connectivity index (χ3n) is 5.31. The van der Waals surface area contributed by atoms with Gasteiger partial charge in [0.25, 0.3) is 5.91 Å². The molecule has 3 aromatic carbocycles. The Morgan fingerprint density at radius 3 is 2.42 bits per heavy atom. The number of hydrogen-bond acceptors (Lipinski definition) is 3. The van der Waals surface area contributed by atoms with Crippen molar-refractivity contribution in [3.05, 3.63) is 77.9 Å². The van der Waals surface area contributed by atoms with Crippen LogP contribution in [0.3, 0.4) is 0 Å². The van der Waals surface area contributed by atoms with Crippen molar-refractivity contribution >= 4 is 34.2 Å². The number of nitrogens with one attached hydrogen (secondary N) is 2. The minimum Gasteiger partial charge on any atom is -0.345 e. The molecule has 2 N–H and O–H groups in total. The van der Waals surface area contributed by atoms with Gasteiger partial charge in [-0.25, -0.2) is 0 Å². The number of hydrogen-bond donors (Lipinski definition) is 2. The third-order valence-corrected chi connectivity index (χ3v) is 5.31. The van der Waals surface area contributed by atoms with Gasteiger partial charge in [0.05, 0.1) is 6.54 Å². The molecule has 0 aliphatic heterocycles. The second-order valence-electron chi connectivity index (χ2n) is 7.92. The molecule has 6 nitrogen and oxygen atoms in total. The fourth-order valence-electron chi connectivity index (χ4n) is 3.56. The molecule has 0 saturated heterocycles. The number of amides is 3. The van der Waals surface area contributed by atoms with E-state index in [0.29, 0.717) is 11.3 Å². The fourth-order valence-corrected chi connectivity index (χ4v) is 3.56.